The van der Waals surface area contributed by atoms with Crippen molar-refractivity contribution in [1.82, 2.24) is 4.98 Å². The van der Waals surface area contributed by atoms with E-state index in [0.717, 1.165) is 6.08 Å². The molecule has 0 fully saturated rings. The van der Waals surface area contributed by atoms with Crippen molar-refractivity contribution in [1.29, 1.82) is 0 Å². The lowest BCUT2D eigenvalue weighted by atomic mass is 10.2. The SMILES string of the molecule is O=C(C=Cc1ccc(Cl)cc1)CS(=O)(=O)c1cc2ccc(Cl)cc2[nH]c1=O. The summed E-state index contributed by atoms with van der Waals surface area (Å²) in [6.45, 7) is 0. The molecule has 0 aliphatic rings. The van der Waals surface area contributed by atoms with E-state index in [2.05, 4.69) is 4.98 Å². The summed E-state index contributed by atoms with van der Waals surface area (Å²) in [6.07, 6.45) is 2.65. The maximum absolute atomic E-state index is 12.5. The summed E-state index contributed by atoms with van der Waals surface area (Å²) >= 11 is 11.6. The van der Waals surface area contributed by atoms with Crippen LogP contribution in [0, 0.1) is 0 Å². The molecule has 0 unspecified atom stereocenters. The Kier molecular flexibility index (Phi) is 5.51. The molecular weight excluding hydrogens is 409 g/mol. The molecule has 0 radical (unpaired) electrons. The molecule has 2 aromatic carbocycles. The van der Waals surface area contributed by atoms with Crippen LogP contribution in [0.2, 0.25) is 10.0 Å². The number of pyridine rings is 1. The fourth-order valence-corrected chi connectivity index (χ4v) is 4.02. The van der Waals surface area contributed by atoms with Crippen molar-refractivity contribution in [2.45, 2.75) is 4.90 Å². The van der Waals surface area contributed by atoms with Crippen LogP contribution in [0.15, 0.2) is 64.3 Å². The Balaban J connectivity index is 1.85. The molecule has 0 aliphatic heterocycles. The number of halogens is 2. The number of allylic oxidation sites excluding steroid dienone is 1. The third kappa shape index (κ3) is 4.66. The maximum atomic E-state index is 12.5. The fraction of sp³-hybridized carbons (Fsp3) is 0.0526. The molecule has 0 atom stereocenters. The third-order valence-corrected chi connectivity index (χ3v) is 5.90. The van der Waals surface area contributed by atoms with E-state index in [0.29, 0.717) is 26.5 Å². The quantitative estimate of drug-likeness (QED) is 0.633. The molecule has 3 rings (SSSR count). The van der Waals surface area contributed by atoms with Crippen molar-refractivity contribution >= 4 is 55.8 Å². The average molecular weight is 422 g/mol. The number of rotatable bonds is 5. The van der Waals surface area contributed by atoms with E-state index in [4.69, 9.17) is 23.2 Å². The van der Waals surface area contributed by atoms with Crippen molar-refractivity contribution in [2.75, 3.05) is 5.75 Å². The van der Waals surface area contributed by atoms with E-state index < -0.39 is 31.8 Å². The van der Waals surface area contributed by atoms with Gasteiger partial charge in [-0.25, -0.2) is 8.42 Å². The molecule has 0 saturated heterocycles. The van der Waals surface area contributed by atoms with Crippen molar-refractivity contribution < 1.29 is 13.2 Å². The number of hydrogen-bond donors (Lipinski definition) is 1. The van der Waals surface area contributed by atoms with Crippen LogP contribution in [0.1, 0.15) is 5.56 Å². The number of benzene rings is 2. The van der Waals surface area contributed by atoms with Crippen molar-refractivity contribution in [3.63, 3.8) is 0 Å². The number of sulfone groups is 1. The van der Waals surface area contributed by atoms with Crippen molar-refractivity contribution in [2.24, 2.45) is 0 Å². The summed E-state index contributed by atoms with van der Waals surface area (Å²) in [6, 6.07) is 12.6. The van der Waals surface area contributed by atoms with Gasteiger partial charge in [-0.3, -0.25) is 9.59 Å². The second-order valence-electron chi connectivity index (χ2n) is 5.80. The minimum Gasteiger partial charge on any atom is -0.321 e. The first-order chi connectivity index (χ1) is 12.7. The Bertz CT molecular complexity index is 1210. The molecular formula is C19H13Cl2NO4S. The number of nitrogens with one attached hydrogen (secondary N) is 1. The van der Waals surface area contributed by atoms with Crippen molar-refractivity contribution in [3.05, 3.63) is 80.6 Å². The first-order valence-corrected chi connectivity index (χ1v) is 10.2. The van der Waals surface area contributed by atoms with Crippen LogP contribution in [-0.4, -0.2) is 24.9 Å². The molecule has 1 heterocycles. The normalized spacial score (nSPS) is 11.9. The predicted molar refractivity (Wildman–Crippen MR) is 107 cm³/mol. The standard InChI is InChI=1S/C19H13Cl2NO4S/c20-14-5-1-12(2-6-14)3-8-16(23)11-27(25,26)18-9-13-4-7-15(21)10-17(13)22-19(18)24/h1-10H,11H2,(H,22,24). The van der Waals surface area contributed by atoms with Crippen LogP contribution in [0.5, 0.6) is 0 Å². The van der Waals surface area contributed by atoms with Crippen LogP contribution in [-0.2, 0) is 14.6 Å². The number of carbonyl (C=O) groups is 1. The Morgan fingerprint density at radius 3 is 2.37 bits per heavy atom. The maximum Gasteiger partial charge on any atom is 0.267 e. The summed E-state index contributed by atoms with van der Waals surface area (Å²) in [7, 11) is -4.10. The molecule has 0 bridgehead atoms. The molecule has 1 aromatic heterocycles. The smallest absolute Gasteiger partial charge is 0.267 e. The lowest BCUT2D eigenvalue weighted by molar-refractivity contribution is -0.112. The molecule has 5 nitrogen and oxygen atoms in total. The number of ketones is 1. The van der Waals surface area contributed by atoms with E-state index >= 15 is 0 Å². The van der Waals surface area contributed by atoms with Crippen LogP contribution in [0.3, 0.4) is 0 Å². The van der Waals surface area contributed by atoms with Gasteiger partial charge in [0.15, 0.2) is 15.6 Å². The third-order valence-electron chi connectivity index (χ3n) is 3.77. The molecule has 0 spiro atoms. The van der Waals surface area contributed by atoms with Crippen LogP contribution in [0.25, 0.3) is 17.0 Å². The van der Waals surface area contributed by atoms with Gasteiger partial charge in [0, 0.05) is 15.6 Å². The number of H-pyrrole nitrogens is 1. The molecule has 27 heavy (non-hydrogen) atoms. The molecule has 3 aromatic rings. The highest BCUT2D eigenvalue weighted by atomic mass is 35.5. The van der Waals surface area contributed by atoms with E-state index in [-0.39, 0.29) is 0 Å². The average Bonchev–Trinajstić information content (AvgIpc) is 2.60. The zero-order valence-corrected chi connectivity index (χ0v) is 16.1. The minimum atomic E-state index is -4.10. The van der Waals surface area contributed by atoms with Crippen LogP contribution >= 0.6 is 23.2 Å². The number of aromatic amines is 1. The second kappa shape index (κ2) is 7.68. The number of carbonyl (C=O) groups excluding carboxylic acids is 1. The minimum absolute atomic E-state index is 0.413. The van der Waals surface area contributed by atoms with Crippen LogP contribution in [0.4, 0.5) is 0 Å². The molecule has 8 heteroatoms. The van der Waals surface area contributed by atoms with E-state index in [1.54, 1.807) is 36.4 Å². The summed E-state index contributed by atoms with van der Waals surface area (Å²) in [5.41, 5.74) is 0.324. The molecule has 0 saturated carbocycles. The van der Waals surface area contributed by atoms with Gasteiger partial charge in [-0.2, -0.15) is 0 Å². The van der Waals surface area contributed by atoms with E-state index in [1.807, 2.05) is 0 Å². The fourth-order valence-electron chi connectivity index (χ4n) is 2.46. The Morgan fingerprint density at radius 1 is 1.00 bits per heavy atom. The Morgan fingerprint density at radius 2 is 1.67 bits per heavy atom. The summed E-state index contributed by atoms with van der Waals surface area (Å²) < 4.78 is 25.0. The predicted octanol–water partition coefficient (Wildman–Crippen LogP) is 3.89. The van der Waals surface area contributed by atoms with Gasteiger partial charge in [0.05, 0.1) is 0 Å². The summed E-state index contributed by atoms with van der Waals surface area (Å²) in [5, 5.41) is 1.47. The van der Waals surface area contributed by atoms with E-state index in [1.165, 1.54) is 18.2 Å². The Labute approximate surface area is 165 Å². The first-order valence-electron chi connectivity index (χ1n) is 7.76. The highest BCUT2D eigenvalue weighted by Crippen LogP contribution is 2.19. The Hall–Kier alpha value is -2.41. The van der Waals surface area contributed by atoms with Gasteiger partial charge < -0.3 is 4.98 Å². The lowest BCUT2D eigenvalue weighted by Crippen LogP contribution is -2.22. The van der Waals surface area contributed by atoms with Crippen LogP contribution < -0.4 is 5.56 Å². The number of aromatic nitrogens is 1. The first kappa shape index (κ1) is 19.4. The van der Waals surface area contributed by atoms with Gasteiger partial charge in [-0.1, -0.05) is 47.5 Å². The van der Waals surface area contributed by atoms with Gasteiger partial charge in [-0.15, -0.1) is 0 Å². The van der Waals surface area contributed by atoms with Gasteiger partial charge in [-0.05, 0) is 47.4 Å². The van der Waals surface area contributed by atoms with Gasteiger partial charge in [0.2, 0.25) is 0 Å². The molecule has 0 amide bonds. The molecule has 1 N–H and O–H groups in total. The zero-order chi connectivity index (χ0) is 19.6. The zero-order valence-electron chi connectivity index (χ0n) is 13.8. The van der Waals surface area contributed by atoms with Crippen molar-refractivity contribution in [3.8, 4) is 0 Å². The number of hydrogen-bond acceptors (Lipinski definition) is 4. The summed E-state index contributed by atoms with van der Waals surface area (Å²) in [5.74, 6) is -1.44. The topological polar surface area (TPSA) is 84.1 Å². The molecule has 138 valence electrons. The van der Waals surface area contributed by atoms with E-state index in [9.17, 15) is 18.0 Å². The van der Waals surface area contributed by atoms with Gasteiger partial charge in [0.25, 0.3) is 5.56 Å². The lowest BCUT2D eigenvalue weighted by Gasteiger charge is -2.04. The largest absolute Gasteiger partial charge is 0.321 e. The molecule has 0 aliphatic carbocycles. The highest BCUT2D eigenvalue weighted by molar-refractivity contribution is 7.92. The monoisotopic (exact) mass is 421 g/mol. The van der Waals surface area contributed by atoms with Gasteiger partial charge >= 0.3 is 0 Å². The summed E-state index contributed by atoms with van der Waals surface area (Å²) in [4.78, 5) is 26.3. The second-order valence-corrected chi connectivity index (χ2v) is 8.64. The van der Waals surface area contributed by atoms with Gasteiger partial charge in [0.1, 0.15) is 10.6 Å². The number of fused-ring (bicyclic) bond motifs is 1. The highest BCUT2D eigenvalue weighted by Gasteiger charge is 2.22.